The van der Waals surface area contributed by atoms with Crippen LogP contribution in [0.5, 0.6) is 0 Å². The summed E-state index contributed by atoms with van der Waals surface area (Å²) in [6, 6.07) is 51.8. The van der Waals surface area contributed by atoms with Crippen molar-refractivity contribution in [2.24, 2.45) is 14.1 Å². The zero-order valence-electron chi connectivity index (χ0n) is 29.0. The second-order valence-electron chi connectivity index (χ2n) is 13.4. The molecule has 0 amide bonds. The lowest BCUT2D eigenvalue weighted by Gasteiger charge is -2.10. The molecular weight excluding hydrogens is 655 g/mol. The molecule has 53 heavy (non-hydrogen) atoms. The van der Waals surface area contributed by atoms with E-state index in [4.69, 9.17) is 19.4 Å². The highest BCUT2D eigenvalue weighted by atomic mass is 16.3. The molecule has 252 valence electrons. The minimum Gasteiger partial charge on any atom is -0.456 e. The van der Waals surface area contributed by atoms with Crippen LogP contribution < -0.4 is 5.69 Å². The van der Waals surface area contributed by atoms with E-state index in [2.05, 4.69) is 97.1 Å². The summed E-state index contributed by atoms with van der Waals surface area (Å²) in [4.78, 5) is 27.3. The van der Waals surface area contributed by atoms with E-state index in [1.807, 2.05) is 54.6 Å². The van der Waals surface area contributed by atoms with Crippen LogP contribution >= 0.6 is 0 Å². The first-order valence-corrected chi connectivity index (χ1v) is 17.5. The van der Waals surface area contributed by atoms with E-state index in [0.717, 1.165) is 71.9 Å². The minimum absolute atomic E-state index is 0.0413. The van der Waals surface area contributed by atoms with Gasteiger partial charge in [0.25, 0.3) is 0 Å². The molecule has 10 rings (SSSR count). The Hall–Kier alpha value is -7.12. The van der Waals surface area contributed by atoms with Crippen molar-refractivity contribution < 1.29 is 4.42 Å². The van der Waals surface area contributed by atoms with Gasteiger partial charge in [0.15, 0.2) is 17.5 Å². The molecule has 0 aliphatic rings. The molecule has 0 N–H and O–H groups in total. The van der Waals surface area contributed by atoms with E-state index >= 15 is 0 Å². The molecule has 0 saturated heterocycles. The molecule has 7 nitrogen and oxygen atoms in total. The van der Waals surface area contributed by atoms with Gasteiger partial charge in [-0.2, -0.15) is 0 Å². The maximum absolute atomic E-state index is 12.5. The van der Waals surface area contributed by atoms with Crippen LogP contribution in [0, 0.1) is 0 Å². The lowest BCUT2D eigenvalue weighted by atomic mass is 10.0. The highest BCUT2D eigenvalue weighted by Crippen LogP contribution is 2.36. The van der Waals surface area contributed by atoms with Crippen molar-refractivity contribution in [2.75, 3.05) is 0 Å². The van der Waals surface area contributed by atoms with Crippen LogP contribution in [0.3, 0.4) is 0 Å². The van der Waals surface area contributed by atoms with Crippen molar-refractivity contribution >= 4 is 43.7 Å². The van der Waals surface area contributed by atoms with Crippen LogP contribution in [0.1, 0.15) is 0 Å². The third-order valence-corrected chi connectivity index (χ3v) is 10.2. The predicted octanol–water partition coefficient (Wildman–Crippen LogP) is 10.4. The van der Waals surface area contributed by atoms with E-state index in [0.29, 0.717) is 17.5 Å². The van der Waals surface area contributed by atoms with Crippen molar-refractivity contribution in [3.8, 4) is 56.4 Å². The van der Waals surface area contributed by atoms with Crippen molar-refractivity contribution in [2.45, 2.75) is 0 Å². The molecular formula is C46H31N5O2. The molecule has 0 radical (unpaired) electrons. The summed E-state index contributed by atoms with van der Waals surface area (Å²) in [7, 11) is 3.60. The van der Waals surface area contributed by atoms with Crippen molar-refractivity contribution in [1.82, 2.24) is 24.1 Å². The first kappa shape index (κ1) is 30.7. The number of fused-ring (bicyclic) bond motifs is 5. The molecule has 0 bridgehead atoms. The number of imidazole rings is 1. The largest absolute Gasteiger partial charge is 0.456 e. The number of rotatable bonds is 5. The Morgan fingerprint density at radius 2 is 0.887 bits per heavy atom. The van der Waals surface area contributed by atoms with Gasteiger partial charge >= 0.3 is 5.69 Å². The fourth-order valence-electron chi connectivity index (χ4n) is 7.30. The van der Waals surface area contributed by atoms with E-state index in [1.165, 1.54) is 10.8 Å². The molecule has 3 heterocycles. The second kappa shape index (κ2) is 12.0. The van der Waals surface area contributed by atoms with Crippen molar-refractivity contribution in [1.29, 1.82) is 0 Å². The van der Waals surface area contributed by atoms with Gasteiger partial charge in [0.1, 0.15) is 11.2 Å². The first-order chi connectivity index (χ1) is 26.0. The third kappa shape index (κ3) is 5.21. The van der Waals surface area contributed by atoms with Crippen LogP contribution in [0.25, 0.3) is 100 Å². The van der Waals surface area contributed by atoms with Gasteiger partial charge in [0.2, 0.25) is 0 Å². The second-order valence-corrected chi connectivity index (χ2v) is 13.4. The average Bonchev–Trinajstić information content (AvgIpc) is 3.68. The Morgan fingerprint density at radius 3 is 1.53 bits per heavy atom. The Bertz CT molecular complexity index is 3080. The SMILES string of the molecule is Cn1c(=O)n(C)c2cc(-c3ccc(-c4nc(-c5ccccc5)nc(-c5ccc(-c6ccc7oc8cc9ccccc9cc8c7c6)cc5)n4)cc3)ccc21. The summed E-state index contributed by atoms with van der Waals surface area (Å²) < 4.78 is 9.59. The fourth-order valence-corrected chi connectivity index (χ4v) is 7.30. The zero-order valence-corrected chi connectivity index (χ0v) is 29.0. The summed E-state index contributed by atoms with van der Waals surface area (Å²) in [6.45, 7) is 0. The number of aryl methyl sites for hydroxylation is 2. The van der Waals surface area contributed by atoms with Crippen molar-refractivity contribution in [3.05, 3.63) is 162 Å². The lowest BCUT2D eigenvalue weighted by Crippen LogP contribution is -2.19. The molecule has 0 spiro atoms. The average molecular weight is 686 g/mol. The smallest absolute Gasteiger partial charge is 0.328 e. The molecule has 0 fully saturated rings. The van der Waals surface area contributed by atoms with Crippen LogP contribution in [0.2, 0.25) is 0 Å². The summed E-state index contributed by atoms with van der Waals surface area (Å²) in [5.41, 5.74) is 10.5. The Morgan fingerprint density at radius 1 is 0.415 bits per heavy atom. The van der Waals surface area contributed by atoms with Crippen LogP contribution in [0.4, 0.5) is 0 Å². The molecule has 7 aromatic carbocycles. The minimum atomic E-state index is -0.0413. The maximum Gasteiger partial charge on any atom is 0.328 e. The number of nitrogens with zero attached hydrogens (tertiary/aromatic N) is 5. The summed E-state index contributed by atoms with van der Waals surface area (Å²) >= 11 is 0. The predicted molar refractivity (Wildman–Crippen MR) is 214 cm³/mol. The quantitative estimate of drug-likeness (QED) is 0.180. The zero-order chi connectivity index (χ0) is 35.6. The highest BCUT2D eigenvalue weighted by molar-refractivity contribution is 6.11. The van der Waals surface area contributed by atoms with E-state index in [1.54, 1.807) is 23.2 Å². The fraction of sp³-hybridized carbons (Fsp3) is 0.0435. The summed E-state index contributed by atoms with van der Waals surface area (Å²) in [5.74, 6) is 1.80. The van der Waals surface area contributed by atoms with Gasteiger partial charge in [-0.05, 0) is 69.4 Å². The van der Waals surface area contributed by atoms with Gasteiger partial charge in [-0.1, -0.05) is 115 Å². The molecule has 3 aromatic heterocycles. The Kier molecular flexibility index (Phi) is 6.94. The topological polar surface area (TPSA) is 78.7 Å². The van der Waals surface area contributed by atoms with E-state index < -0.39 is 0 Å². The van der Waals surface area contributed by atoms with Gasteiger partial charge < -0.3 is 4.42 Å². The maximum atomic E-state index is 12.5. The van der Waals surface area contributed by atoms with Crippen LogP contribution in [-0.2, 0) is 14.1 Å². The molecule has 0 aliphatic heterocycles. The number of hydrogen-bond acceptors (Lipinski definition) is 5. The van der Waals surface area contributed by atoms with Gasteiger partial charge in [0, 0.05) is 41.6 Å². The first-order valence-electron chi connectivity index (χ1n) is 17.5. The van der Waals surface area contributed by atoms with E-state index in [-0.39, 0.29) is 5.69 Å². The monoisotopic (exact) mass is 685 g/mol. The number of furan rings is 1. The number of hydrogen-bond donors (Lipinski definition) is 0. The van der Waals surface area contributed by atoms with Gasteiger partial charge in [0.05, 0.1) is 11.0 Å². The Balaban J connectivity index is 1.01. The van der Waals surface area contributed by atoms with Gasteiger partial charge in [-0.15, -0.1) is 0 Å². The third-order valence-electron chi connectivity index (χ3n) is 10.2. The van der Waals surface area contributed by atoms with Crippen molar-refractivity contribution in [3.63, 3.8) is 0 Å². The van der Waals surface area contributed by atoms with Crippen LogP contribution in [0.15, 0.2) is 161 Å². The highest BCUT2D eigenvalue weighted by Gasteiger charge is 2.15. The molecule has 0 atom stereocenters. The normalized spacial score (nSPS) is 11.7. The number of aromatic nitrogens is 5. The Labute approximate surface area is 304 Å². The summed E-state index contributed by atoms with van der Waals surface area (Å²) in [6.07, 6.45) is 0. The van der Waals surface area contributed by atoms with Gasteiger partial charge in [-0.3, -0.25) is 9.13 Å². The van der Waals surface area contributed by atoms with Crippen LogP contribution in [-0.4, -0.2) is 24.1 Å². The molecule has 0 saturated carbocycles. The lowest BCUT2D eigenvalue weighted by molar-refractivity contribution is 0.669. The van der Waals surface area contributed by atoms with Gasteiger partial charge in [-0.25, -0.2) is 19.7 Å². The molecule has 10 aromatic rings. The standard InChI is InChI=1S/C46H31N5O2/c1-50-39-22-20-36(26-40(39)51(2)46(50)52)29-14-18-32(19-15-29)45-48-43(30-8-4-3-5-9-30)47-44(49-45)31-16-12-28(13-17-31)35-21-23-41-37(25-35)38-24-33-10-6-7-11-34(33)27-42(38)53-41/h3-27H,1-2H3. The molecule has 7 heteroatoms. The number of benzene rings is 7. The molecule has 0 unspecified atom stereocenters. The molecule has 0 aliphatic carbocycles. The van der Waals surface area contributed by atoms with E-state index in [9.17, 15) is 4.79 Å². The summed E-state index contributed by atoms with van der Waals surface area (Å²) in [5, 5.41) is 4.57.